The predicted octanol–water partition coefficient (Wildman–Crippen LogP) is 4.89. The monoisotopic (exact) mass is 345 g/mol. The van der Waals surface area contributed by atoms with Crippen molar-refractivity contribution in [2.75, 3.05) is 5.32 Å². The van der Waals surface area contributed by atoms with Crippen LogP contribution in [0.1, 0.15) is 36.7 Å². The molecule has 0 saturated heterocycles. The number of pyridine rings is 1. The predicted molar refractivity (Wildman–Crippen MR) is 95.5 cm³/mol. The molecule has 3 rings (SSSR count). The SMILES string of the molecule is CC(C)(C)c1ccc(C(=O)Nc2nc3ccc(Cl)nc3s2)cc1. The molecule has 0 radical (unpaired) electrons. The Morgan fingerprint density at radius 2 is 1.78 bits per heavy atom. The van der Waals surface area contributed by atoms with Gasteiger partial charge in [0.25, 0.3) is 5.91 Å². The second-order valence-corrected chi connectivity index (χ2v) is 7.62. The van der Waals surface area contributed by atoms with Crippen molar-refractivity contribution in [3.8, 4) is 0 Å². The number of nitrogens with zero attached hydrogens (tertiary/aromatic N) is 2. The molecule has 2 aromatic heterocycles. The van der Waals surface area contributed by atoms with Crippen LogP contribution in [0.15, 0.2) is 36.4 Å². The van der Waals surface area contributed by atoms with E-state index in [0.29, 0.717) is 20.7 Å². The Morgan fingerprint density at radius 3 is 2.43 bits per heavy atom. The lowest BCUT2D eigenvalue weighted by molar-refractivity contribution is 0.102. The van der Waals surface area contributed by atoms with Gasteiger partial charge in [0.1, 0.15) is 15.5 Å². The minimum absolute atomic E-state index is 0.0625. The number of carbonyl (C=O) groups is 1. The maximum Gasteiger partial charge on any atom is 0.257 e. The number of anilines is 1. The van der Waals surface area contributed by atoms with E-state index in [1.165, 1.54) is 16.9 Å². The molecule has 4 nitrogen and oxygen atoms in total. The molecule has 0 fully saturated rings. The van der Waals surface area contributed by atoms with E-state index in [1.807, 2.05) is 24.3 Å². The fraction of sp³-hybridized carbons (Fsp3) is 0.235. The van der Waals surface area contributed by atoms with E-state index in [-0.39, 0.29) is 11.3 Å². The maximum absolute atomic E-state index is 12.3. The average Bonchev–Trinajstić information content (AvgIpc) is 2.87. The minimum atomic E-state index is -0.185. The molecule has 1 N–H and O–H groups in total. The Bertz CT molecular complexity index is 866. The summed E-state index contributed by atoms with van der Waals surface area (Å²) >= 11 is 7.16. The summed E-state index contributed by atoms with van der Waals surface area (Å²) in [6.07, 6.45) is 0. The molecule has 0 unspecified atom stereocenters. The molecule has 1 amide bonds. The standard InChI is InChI=1S/C17H16ClN3OS/c1-17(2,3)11-6-4-10(5-7-11)14(22)21-16-19-12-8-9-13(18)20-15(12)23-16/h4-9H,1-3H3,(H,19,21,22). The van der Waals surface area contributed by atoms with Gasteiger partial charge in [0.2, 0.25) is 0 Å². The fourth-order valence-electron chi connectivity index (χ4n) is 2.14. The molecule has 1 aromatic carbocycles. The number of benzene rings is 1. The topological polar surface area (TPSA) is 54.9 Å². The first-order valence-electron chi connectivity index (χ1n) is 7.18. The van der Waals surface area contributed by atoms with E-state index < -0.39 is 0 Å². The average molecular weight is 346 g/mol. The number of nitrogens with one attached hydrogen (secondary N) is 1. The van der Waals surface area contributed by atoms with Crippen molar-refractivity contribution in [1.29, 1.82) is 0 Å². The first-order valence-corrected chi connectivity index (χ1v) is 8.37. The van der Waals surface area contributed by atoms with Crippen LogP contribution in [0.2, 0.25) is 5.15 Å². The summed E-state index contributed by atoms with van der Waals surface area (Å²) in [5.41, 5.74) is 2.57. The minimum Gasteiger partial charge on any atom is -0.298 e. The lowest BCUT2D eigenvalue weighted by Gasteiger charge is -2.18. The molecule has 0 aliphatic heterocycles. The number of fused-ring (bicyclic) bond motifs is 1. The van der Waals surface area contributed by atoms with E-state index in [4.69, 9.17) is 11.6 Å². The normalized spacial score (nSPS) is 11.7. The van der Waals surface area contributed by atoms with Gasteiger partial charge in [-0.15, -0.1) is 0 Å². The third-order valence-electron chi connectivity index (χ3n) is 3.46. The molecular formula is C17H16ClN3OS. The quantitative estimate of drug-likeness (QED) is 0.672. The summed E-state index contributed by atoms with van der Waals surface area (Å²) in [6.45, 7) is 6.42. The van der Waals surface area contributed by atoms with Gasteiger partial charge in [0.05, 0.1) is 0 Å². The van der Waals surface area contributed by atoms with Crippen LogP contribution in [0, 0.1) is 0 Å². The molecule has 3 aromatic rings. The highest BCUT2D eigenvalue weighted by Crippen LogP contribution is 2.26. The second-order valence-electron chi connectivity index (χ2n) is 6.26. The molecule has 0 saturated carbocycles. The molecule has 0 spiro atoms. The number of carbonyl (C=O) groups excluding carboxylic acids is 1. The van der Waals surface area contributed by atoms with Crippen molar-refractivity contribution < 1.29 is 4.79 Å². The van der Waals surface area contributed by atoms with Crippen LogP contribution in [0.3, 0.4) is 0 Å². The highest BCUT2D eigenvalue weighted by atomic mass is 35.5. The number of thiazole rings is 1. The summed E-state index contributed by atoms with van der Waals surface area (Å²) in [7, 11) is 0. The molecule has 23 heavy (non-hydrogen) atoms. The van der Waals surface area contributed by atoms with Crippen LogP contribution in [-0.2, 0) is 5.41 Å². The van der Waals surface area contributed by atoms with Gasteiger partial charge in [0.15, 0.2) is 5.13 Å². The number of amides is 1. The number of halogens is 1. The van der Waals surface area contributed by atoms with Gasteiger partial charge in [0, 0.05) is 5.56 Å². The summed E-state index contributed by atoms with van der Waals surface area (Å²) < 4.78 is 0. The zero-order valence-corrected chi connectivity index (χ0v) is 14.6. The Kier molecular flexibility index (Phi) is 4.08. The van der Waals surface area contributed by atoms with Crippen molar-refractivity contribution in [1.82, 2.24) is 9.97 Å². The van der Waals surface area contributed by atoms with Gasteiger partial charge in [-0.3, -0.25) is 10.1 Å². The molecule has 0 aliphatic carbocycles. The van der Waals surface area contributed by atoms with Crippen molar-refractivity contribution in [2.45, 2.75) is 26.2 Å². The Labute approximate surface area is 143 Å². The van der Waals surface area contributed by atoms with Gasteiger partial charge < -0.3 is 0 Å². The van der Waals surface area contributed by atoms with Gasteiger partial charge in [-0.2, -0.15) is 0 Å². The van der Waals surface area contributed by atoms with E-state index in [1.54, 1.807) is 12.1 Å². The van der Waals surface area contributed by atoms with E-state index in [2.05, 4.69) is 36.1 Å². The van der Waals surface area contributed by atoms with E-state index in [9.17, 15) is 4.79 Å². The van der Waals surface area contributed by atoms with Crippen LogP contribution < -0.4 is 5.32 Å². The van der Waals surface area contributed by atoms with Crippen LogP contribution in [-0.4, -0.2) is 15.9 Å². The Hall–Kier alpha value is -1.98. The maximum atomic E-state index is 12.3. The van der Waals surface area contributed by atoms with Gasteiger partial charge in [-0.25, -0.2) is 9.97 Å². The molecule has 2 heterocycles. The fourth-order valence-corrected chi connectivity index (χ4v) is 3.17. The zero-order chi connectivity index (χ0) is 16.6. The van der Waals surface area contributed by atoms with Crippen LogP contribution in [0.4, 0.5) is 5.13 Å². The summed E-state index contributed by atoms with van der Waals surface area (Å²) in [4.78, 5) is 21.6. The summed E-state index contributed by atoms with van der Waals surface area (Å²) in [6, 6.07) is 11.1. The number of hydrogen-bond donors (Lipinski definition) is 1. The summed E-state index contributed by atoms with van der Waals surface area (Å²) in [5.74, 6) is -0.185. The lowest BCUT2D eigenvalue weighted by atomic mass is 9.87. The summed E-state index contributed by atoms with van der Waals surface area (Å²) in [5, 5.41) is 3.74. The molecule has 118 valence electrons. The second kappa shape index (κ2) is 5.91. The van der Waals surface area contributed by atoms with Crippen LogP contribution in [0.25, 0.3) is 10.3 Å². The first-order chi connectivity index (χ1) is 10.8. The Morgan fingerprint density at radius 1 is 1.09 bits per heavy atom. The molecule has 6 heteroatoms. The van der Waals surface area contributed by atoms with Crippen LogP contribution >= 0.6 is 22.9 Å². The van der Waals surface area contributed by atoms with Gasteiger partial charge >= 0.3 is 0 Å². The zero-order valence-electron chi connectivity index (χ0n) is 13.1. The number of aromatic nitrogens is 2. The van der Waals surface area contributed by atoms with Crippen molar-refractivity contribution >= 4 is 44.3 Å². The van der Waals surface area contributed by atoms with Gasteiger partial charge in [-0.1, -0.05) is 55.8 Å². The van der Waals surface area contributed by atoms with Crippen LogP contribution in [0.5, 0.6) is 0 Å². The third-order valence-corrected chi connectivity index (χ3v) is 4.55. The first kappa shape index (κ1) is 15.9. The molecular weight excluding hydrogens is 330 g/mol. The highest BCUT2D eigenvalue weighted by Gasteiger charge is 2.15. The Balaban J connectivity index is 1.80. The number of rotatable bonds is 2. The van der Waals surface area contributed by atoms with Crippen molar-refractivity contribution in [2.24, 2.45) is 0 Å². The number of hydrogen-bond acceptors (Lipinski definition) is 4. The van der Waals surface area contributed by atoms with E-state index >= 15 is 0 Å². The van der Waals surface area contributed by atoms with Crippen molar-refractivity contribution in [3.63, 3.8) is 0 Å². The smallest absolute Gasteiger partial charge is 0.257 e. The molecule has 0 atom stereocenters. The highest BCUT2D eigenvalue weighted by molar-refractivity contribution is 7.22. The lowest BCUT2D eigenvalue weighted by Crippen LogP contribution is -2.14. The third kappa shape index (κ3) is 3.51. The van der Waals surface area contributed by atoms with Crippen molar-refractivity contribution in [3.05, 3.63) is 52.7 Å². The largest absolute Gasteiger partial charge is 0.298 e. The molecule has 0 bridgehead atoms. The van der Waals surface area contributed by atoms with E-state index in [0.717, 1.165) is 5.52 Å². The molecule has 0 aliphatic rings. The van der Waals surface area contributed by atoms with Gasteiger partial charge in [-0.05, 0) is 35.2 Å².